The minimum Gasteiger partial charge on any atom is -0.348 e. The second-order valence-electron chi connectivity index (χ2n) is 7.05. The van der Waals surface area contributed by atoms with Crippen molar-refractivity contribution in [1.82, 2.24) is 10.2 Å². The Morgan fingerprint density at radius 1 is 1.17 bits per heavy atom. The molecule has 7 heteroatoms. The molecule has 1 N–H and O–H groups in total. The van der Waals surface area contributed by atoms with Gasteiger partial charge in [-0.25, -0.2) is 0 Å². The van der Waals surface area contributed by atoms with E-state index in [1.807, 2.05) is 33.0 Å². The van der Waals surface area contributed by atoms with Gasteiger partial charge >= 0.3 is 12.1 Å². The number of likely N-dealkylation sites (tertiary alicyclic amines) is 1. The molecular weight excluding hydrogens is 309 g/mol. The van der Waals surface area contributed by atoms with Crippen LogP contribution >= 0.6 is 0 Å². The Bertz CT molecular complexity index is 471. The number of nitrogens with one attached hydrogen (secondary N) is 1. The summed E-state index contributed by atoms with van der Waals surface area (Å²) in [5, 5.41) is 1.91. The molecular formula is C16H25F3N2O2. The molecule has 0 aromatic heterocycles. The van der Waals surface area contributed by atoms with Crippen LogP contribution in [0.1, 0.15) is 40.5 Å². The van der Waals surface area contributed by atoms with E-state index in [4.69, 9.17) is 0 Å². The van der Waals surface area contributed by atoms with Crippen molar-refractivity contribution in [3.05, 3.63) is 11.6 Å². The van der Waals surface area contributed by atoms with Crippen LogP contribution in [0, 0.1) is 11.3 Å². The zero-order chi connectivity index (χ0) is 17.8. The van der Waals surface area contributed by atoms with Gasteiger partial charge in [0.15, 0.2) is 0 Å². The summed E-state index contributed by atoms with van der Waals surface area (Å²) >= 11 is 0. The zero-order valence-corrected chi connectivity index (χ0v) is 14.1. The third kappa shape index (κ3) is 6.23. The number of carbonyl (C=O) groups is 2. The van der Waals surface area contributed by atoms with E-state index in [9.17, 15) is 22.8 Å². The van der Waals surface area contributed by atoms with Gasteiger partial charge in [0, 0.05) is 25.7 Å². The second-order valence-corrected chi connectivity index (χ2v) is 7.05. The van der Waals surface area contributed by atoms with E-state index in [2.05, 4.69) is 0 Å². The summed E-state index contributed by atoms with van der Waals surface area (Å²) in [7, 11) is 0. The van der Waals surface area contributed by atoms with Gasteiger partial charge in [-0.1, -0.05) is 26.3 Å². The molecule has 1 saturated heterocycles. The van der Waals surface area contributed by atoms with E-state index in [0.29, 0.717) is 25.9 Å². The van der Waals surface area contributed by atoms with E-state index >= 15 is 0 Å². The molecule has 0 bridgehead atoms. The molecule has 2 amide bonds. The van der Waals surface area contributed by atoms with Crippen LogP contribution in [-0.2, 0) is 9.59 Å². The third-order valence-corrected chi connectivity index (χ3v) is 4.26. The third-order valence-electron chi connectivity index (χ3n) is 4.26. The molecule has 4 nitrogen and oxygen atoms in total. The molecule has 0 aromatic rings. The first-order valence-electron chi connectivity index (χ1n) is 7.74. The van der Waals surface area contributed by atoms with Gasteiger partial charge in [0.05, 0.1) is 0 Å². The van der Waals surface area contributed by atoms with Crippen LogP contribution in [0.4, 0.5) is 13.2 Å². The quantitative estimate of drug-likeness (QED) is 0.807. The topological polar surface area (TPSA) is 49.4 Å². The zero-order valence-electron chi connectivity index (χ0n) is 14.1. The number of carbonyl (C=O) groups excluding carboxylic acids is 2. The number of rotatable bonds is 3. The molecule has 0 unspecified atom stereocenters. The summed E-state index contributed by atoms with van der Waals surface area (Å²) in [5.41, 5.74) is 0.914. The summed E-state index contributed by atoms with van der Waals surface area (Å²) in [4.78, 5) is 24.7. The number of alkyl halides is 3. The highest BCUT2D eigenvalue weighted by Crippen LogP contribution is 2.25. The molecule has 0 atom stereocenters. The molecule has 0 aliphatic carbocycles. The maximum absolute atomic E-state index is 12.2. The Morgan fingerprint density at radius 3 is 2.13 bits per heavy atom. The van der Waals surface area contributed by atoms with Crippen LogP contribution in [0.2, 0.25) is 0 Å². The molecule has 1 fully saturated rings. The first-order chi connectivity index (χ1) is 10.4. The normalized spacial score (nSPS) is 18.0. The van der Waals surface area contributed by atoms with Crippen LogP contribution in [0.25, 0.3) is 0 Å². The van der Waals surface area contributed by atoms with Crippen molar-refractivity contribution in [2.75, 3.05) is 19.6 Å². The Labute approximate surface area is 135 Å². The van der Waals surface area contributed by atoms with E-state index in [0.717, 1.165) is 5.57 Å². The Hall–Kier alpha value is -1.53. The van der Waals surface area contributed by atoms with E-state index in [-0.39, 0.29) is 23.8 Å². The molecule has 0 saturated carbocycles. The lowest BCUT2D eigenvalue weighted by molar-refractivity contribution is -0.173. The summed E-state index contributed by atoms with van der Waals surface area (Å²) in [6, 6.07) is 0. The molecule has 0 spiro atoms. The fraction of sp³-hybridized carbons (Fsp3) is 0.750. The lowest BCUT2D eigenvalue weighted by Gasteiger charge is -2.32. The molecule has 132 valence electrons. The molecule has 0 radical (unpaired) electrons. The van der Waals surface area contributed by atoms with E-state index in [1.165, 1.54) is 0 Å². The number of piperidine rings is 1. The van der Waals surface area contributed by atoms with Crippen molar-refractivity contribution in [2.45, 2.75) is 46.7 Å². The van der Waals surface area contributed by atoms with Gasteiger partial charge in [-0.2, -0.15) is 13.2 Å². The highest BCUT2D eigenvalue weighted by Gasteiger charge is 2.38. The number of nitrogens with zero attached hydrogens (tertiary/aromatic N) is 1. The fourth-order valence-corrected chi connectivity index (χ4v) is 2.19. The fourth-order valence-electron chi connectivity index (χ4n) is 2.19. The Morgan fingerprint density at radius 2 is 1.70 bits per heavy atom. The average Bonchev–Trinajstić information content (AvgIpc) is 2.43. The van der Waals surface area contributed by atoms with Gasteiger partial charge in [0.25, 0.3) is 0 Å². The van der Waals surface area contributed by atoms with Crippen molar-refractivity contribution in [1.29, 1.82) is 0 Å². The van der Waals surface area contributed by atoms with Gasteiger partial charge in [-0.3, -0.25) is 9.59 Å². The van der Waals surface area contributed by atoms with Crippen molar-refractivity contribution in [3.63, 3.8) is 0 Å². The summed E-state index contributed by atoms with van der Waals surface area (Å²) < 4.78 is 36.4. The van der Waals surface area contributed by atoms with Crippen molar-refractivity contribution < 1.29 is 22.8 Å². The maximum atomic E-state index is 12.2. The lowest BCUT2D eigenvalue weighted by Crippen LogP contribution is -2.43. The Kier molecular flexibility index (Phi) is 6.25. The highest BCUT2D eigenvalue weighted by molar-refractivity contribution is 5.88. The molecule has 1 aliphatic rings. The molecule has 1 heterocycles. The van der Waals surface area contributed by atoms with Crippen LogP contribution in [-0.4, -0.2) is 42.5 Å². The SMILES string of the molecule is C/C(=C\C(=O)N1CCC(CNC(=O)C(F)(F)F)CC1)C(C)(C)C. The predicted molar refractivity (Wildman–Crippen MR) is 81.6 cm³/mol. The van der Waals surface area contributed by atoms with Gasteiger partial charge in [0.2, 0.25) is 5.91 Å². The first-order valence-corrected chi connectivity index (χ1v) is 7.74. The average molecular weight is 334 g/mol. The largest absolute Gasteiger partial charge is 0.471 e. The Balaban J connectivity index is 2.44. The predicted octanol–water partition coefficient (Wildman–Crippen LogP) is 2.90. The highest BCUT2D eigenvalue weighted by atomic mass is 19.4. The summed E-state index contributed by atoms with van der Waals surface area (Å²) in [5.74, 6) is -1.99. The number of halogens is 3. The minimum absolute atomic E-state index is 0.00275. The minimum atomic E-state index is -4.84. The monoisotopic (exact) mass is 334 g/mol. The number of hydrogen-bond donors (Lipinski definition) is 1. The van der Waals surface area contributed by atoms with E-state index in [1.54, 1.807) is 11.0 Å². The number of amides is 2. The molecule has 0 aromatic carbocycles. The van der Waals surface area contributed by atoms with Crippen molar-refractivity contribution in [2.24, 2.45) is 11.3 Å². The van der Waals surface area contributed by atoms with Crippen LogP contribution in [0.15, 0.2) is 11.6 Å². The first kappa shape index (κ1) is 19.5. The van der Waals surface area contributed by atoms with Crippen LogP contribution < -0.4 is 5.32 Å². The number of hydrogen-bond acceptors (Lipinski definition) is 2. The smallest absolute Gasteiger partial charge is 0.348 e. The van der Waals surface area contributed by atoms with Crippen molar-refractivity contribution in [3.8, 4) is 0 Å². The van der Waals surface area contributed by atoms with E-state index < -0.39 is 12.1 Å². The molecule has 1 aliphatic heterocycles. The number of allylic oxidation sites excluding steroid dienone is 1. The molecule has 23 heavy (non-hydrogen) atoms. The second kappa shape index (κ2) is 7.36. The van der Waals surface area contributed by atoms with Crippen LogP contribution in [0.5, 0.6) is 0 Å². The lowest BCUT2D eigenvalue weighted by atomic mass is 9.87. The van der Waals surface area contributed by atoms with Crippen molar-refractivity contribution >= 4 is 11.8 Å². The maximum Gasteiger partial charge on any atom is 0.471 e. The molecule has 1 rings (SSSR count). The summed E-state index contributed by atoms with van der Waals surface area (Å²) in [6.45, 7) is 9.00. The summed E-state index contributed by atoms with van der Waals surface area (Å²) in [6.07, 6.45) is -2.03. The van der Waals surface area contributed by atoms with Gasteiger partial charge in [-0.05, 0) is 31.1 Å². The van der Waals surface area contributed by atoms with Crippen LogP contribution in [0.3, 0.4) is 0 Å². The van der Waals surface area contributed by atoms with Gasteiger partial charge < -0.3 is 10.2 Å². The van der Waals surface area contributed by atoms with Gasteiger partial charge in [-0.15, -0.1) is 0 Å². The van der Waals surface area contributed by atoms with Gasteiger partial charge in [0.1, 0.15) is 0 Å². The standard InChI is InChI=1S/C16H25F3N2O2/c1-11(15(2,3)4)9-13(22)21-7-5-12(6-8-21)10-20-14(23)16(17,18)19/h9,12H,5-8,10H2,1-4H3,(H,20,23)/b11-9+.